The van der Waals surface area contributed by atoms with Crippen molar-refractivity contribution in [3.63, 3.8) is 0 Å². The molecule has 1 aromatic rings. The molecule has 7 heteroatoms. The van der Waals surface area contributed by atoms with Crippen molar-refractivity contribution in [3.05, 3.63) is 21.9 Å². The lowest BCUT2D eigenvalue weighted by atomic mass is 10.1. The number of halogens is 3. The van der Waals surface area contributed by atoms with Gasteiger partial charge in [0.1, 0.15) is 6.54 Å². The normalized spacial score (nSPS) is 21.5. The molecule has 2 heterocycles. The summed E-state index contributed by atoms with van der Waals surface area (Å²) < 4.78 is 36.5. The Morgan fingerprint density at radius 1 is 1.52 bits per heavy atom. The van der Waals surface area contributed by atoms with Crippen molar-refractivity contribution in [1.29, 1.82) is 0 Å². The average Bonchev–Trinajstić information content (AvgIpc) is 3.02. The van der Waals surface area contributed by atoms with Crippen molar-refractivity contribution in [2.45, 2.75) is 44.9 Å². The highest BCUT2D eigenvalue weighted by molar-refractivity contribution is 7.12. The minimum atomic E-state index is -4.37. The lowest BCUT2D eigenvalue weighted by Crippen LogP contribution is -2.47. The summed E-state index contributed by atoms with van der Waals surface area (Å²) in [5.41, 5.74) is 0. The molecular formula is C14H19F3N2OS. The third-order valence-corrected chi connectivity index (χ3v) is 4.83. The molecule has 1 aromatic heterocycles. The van der Waals surface area contributed by atoms with E-state index in [4.69, 9.17) is 0 Å². The molecule has 2 unspecified atom stereocenters. The standard InChI is InChI=1S/C14H19F3N2OS/c1-9-5-6-12(21-9)11-4-3-7-19(11)10(2)13(20)18-8-14(15,16)17/h5-6,10-11H,3-4,7-8H2,1-2H3,(H,18,20). The zero-order valence-electron chi connectivity index (χ0n) is 12.0. The van der Waals surface area contributed by atoms with Gasteiger partial charge in [0.05, 0.1) is 6.04 Å². The van der Waals surface area contributed by atoms with E-state index < -0.39 is 24.7 Å². The molecule has 0 aromatic carbocycles. The zero-order valence-corrected chi connectivity index (χ0v) is 12.9. The highest BCUT2D eigenvalue weighted by Crippen LogP contribution is 2.37. The van der Waals surface area contributed by atoms with Gasteiger partial charge in [0, 0.05) is 15.8 Å². The molecule has 118 valence electrons. The summed E-state index contributed by atoms with van der Waals surface area (Å²) in [5, 5.41) is 1.97. The smallest absolute Gasteiger partial charge is 0.346 e. The minimum Gasteiger partial charge on any atom is -0.346 e. The number of carbonyl (C=O) groups excluding carboxylic acids is 1. The summed E-state index contributed by atoms with van der Waals surface area (Å²) in [4.78, 5) is 16.3. The molecule has 1 amide bonds. The lowest BCUT2D eigenvalue weighted by molar-refractivity contribution is -0.141. The number of thiophene rings is 1. The van der Waals surface area contributed by atoms with Gasteiger partial charge in [0.25, 0.3) is 0 Å². The molecule has 3 nitrogen and oxygen atoms in total. The number of rotatable bonds is 4. The molecule has 0 radical (unpaired) electrons. The summed E-state index contributed by atoms with van der Waals surface area (Å²) >= 11 is 1.68. The summed E-state index contributed by atoms with van der Waals surface area (Å²) in [5.74, 6) is -0.562. The predicted octanol–water partition coefficient (Wildman–Crippen LogP) is 3.26. The number of hydrogen-bond acceptors (Lipinski definition) is 3. The molecule has 1 aliphatic rings. The Bertz CT molecular complexity index is 501. The number of aryl methyl sites for hydroxylation is 1. The number of amides is 1. The Labute approximate surface area is 126 Å². The maximum Gasteiger partial charge on any atom is 0.405 e. The Hall–Kier alpha value is -1.08. The van der Waals surface area contributed by atoms with Gasteiger partial charge in [-0.1, -0.05) is 0 Å². The van der Waals surface area contributed by atoms with E-state index in [9.17, 15) is 18.0 Å². The quantitative estimate of drug-likeness (QED) is 0.923. The van der Waals surface area contributed by atoms with E-state index in [0.29, 0.717) is 0 Å². The van der Waals surface area contributed by atoms with Gasteiger partial charge in [-0.3, -0.25) is 9.69 Å². The van der Waals surface area contributed by atoms with Crippen LogP contribution in [0.3, 0.4) is 0 Å². The first-order valence-electron chi connectivity index (χ1n) is 6.94. The number of carbonyl (C=O) groups is 1. The first kappa shape index (κ1) is 16.3. The van der Waals surface area contributed by atoms with Gasteiger partial charge in [0.15, 0.2) is 0 Å². The molecule has 1 N–H and O–H groups in total. The van der Waals surface area contributed by atoms with Crippen molar-refractivity contribution in [3.8, 4) is 0 Å². The fourth-order valence-corrected chi connectivity index (χ4v) is 3.71. The molecule has 0 spiro atoms. The minimum absolute atomic E-state index is 0.135. The number of hydrogen-bond donors (Lipinski definition) is 1. The second-order valence-electron chi connectivity index (χ2n) is 5.35. The average molecular weight is 320 g/mol. The van der Waals surface area contributed by atoms with Crippen LogP contribution in [0.2, 0.25) is 0 Å². The van der Waals surface area contributed by atoms with Crippen LogP contribution in [-0.2, 0) is 4.79 Å². The fraction of sp³-hybridized carbons (Fsp3) is 0.643. The first-order valence-corrected chi connectivity index (χ1v) is 7.76. The molecule has 0 aliphatic carbocycles. The van der Waals surface area contributed by atoms with Crippen LogP contribution in [-0.4, -0.2) is 36.1 Å². The van der Waals surface area contributed by atoms with E-state index in [1.807, 2.05) is 29.3 Å². The fourth-order valence-electron chi connectivity index (χ4n) is 2.68. The first-order chi connectivity index (χ1) is 9.78. The van der Waals surface area contributed by atoms with Crippen LogP contribution in [0.15, 0.2) is 12.1 Å². The summed E-state index contributed by atoms with van der Waals surface area (Å²) in [6, 6.07) is 3.66. The molecule has 2 atom stereocenters. The maximum atomic E-state index is 12.2. The van der Waals surface area contributed by atoms with Crippen molar-refractivity contribution >= 4 is 17.2 Å². The molecule has 0 bridgehead atoms. The molecular weight excluding hydrogens is 301 g/mol. The van der Waals surface area contributed by atoms with E-state index >= 15 is 0 Å². The largest absolute Gasteiger partial charge is 0.405 e. The Kier molecular flexibility index (Phi) is 4.93. The summed E-state index contributed by atoms with van der Waals surface area (Å²) in [6.45, 7) is 3.16. The van der Waals surface area contributed by atoms with Crippen LogP contribution < -0.4 is 5.32 Å². The lowest BCUT2D eigenvalue weighted by Gasteiger charge is -2.29. The SMILES string of the molecule is Cc1ccc(C2CCCN2C(C)C(=O)NCC(F)(F)F)s1. The van der Waals surface area contributed by atoms with E-state index in [-0.39, 0.29) is 6.04 Å². The van der Waals surface area contributed by atoms with Gasteiger partial charge in [0.2, 0.25) is 5.91 Å². The molecule has 1 aliphatic heterocycles. The van der Waals surface area contributed by atoms with Crippen LogP contribution in [0.5, 0.6) is 0 Å². The van der Waals surface area contributed by atoms with Gasteiger partial charge in [-0.05, 0) is 45.4 Å². The van der Waals surface area contributed by atoms with E-state index in [1.165, 1.54) is 9.75 Å². The van der Waals surface area contributed by atoms with Gasteiger partial charge in [-0.25, -0.2) is 0 Å². The third kappa shape index (κ3) is 4.20. The summed E-state index contributed by atoms with van der Waals surface area (Å²) in [6.07, 6.45) is -2.47. The van der Waals surface area contributed by atoms with Crippen LogP contribution in [0.1, 0.15) is 35.6 Å². The van der Waals surface area contributed by atoms with Crippen molar-refractivity contribution in [1.82, 2.24) is 10.2 Å². The van der Waals surface area contributed by atoms with E-state index in [2.05, 4.69) is 0 Å². The number of alkyl halides is 3. The maximum absolute atomic E-state index is 12.2. The second kappa shape index (κ2) is 6.36. The van der Waals surface area contributed by atoms with E-state index in [1.54, 1.807) is 18.3 Å². The summed E-state index contributed by atoms with van der Waals surface area (Å²) in [7, 11) is 0. The highest BCUT2D eigenvalue weighted by Gasteiger charge is 2.35. The Morgan fingerprint density at radius 3 is 2.81 bits per heavy atom. The topological polar surface area (TPSA) is 32.3 Å². The van der Waals surface area contributed by atoms with Crippen molar-refractivity contribution < 1.29 is 18.0 Å². The van der Waals surface area contributed by atoms with Crippen molar-refractivity contribution in [2.24, 2.45) is 0 Å². The van der Waals surface area contributed by atoms with Crippen LogP contribution in [0, 0.1) is 6.92 Å². The zero-order chi connectivity index (χ0) is 15.6. The van der Waals surface area contributed by atoms with Crippen molar-refractivity contribution in [2.75, 3.05) is 13.1 Å². The van der Waals surface area contributed by atoms with Crippen LogP contribution >= 0.6 is 11.3 Å². The molecule has 1 fully saturated rings. The van der Waals surface area contributed by atoms with Gasteiger partial charge in [-0.15, -0.1) is 11.3 Å². The van der Waals surface area contributed by atoms with Gasteiger partial charge >= 0.3 is 6.18 Å². The van der Waals surface area contributed by atoms with Crippen LogP contribution in [0.25, 0.3) is 0 Å². The Morgan fingerprint density at radius 2 is 2.24 bits per heavy atom. The van der Waals surface area contributed by atoms with Gasteiger partial charge < -0.3 is 5.32 Å². The molecule has 0 saturated carbocycles. The van der Waals surface area contributed by atoms with Crippen LogP contribution in [0.4, 0.5) is 13.2 Å². The number of nitrogens with zero attached hydrogens (tertiary/aromatic N) is 1. The second-order valence-corrected chi connectivity index (χ2v) is 6.67. The molecule has 21 heavy (non-hydrogen) atoms. The molecule has 1 saturated heterocycles. The Balaban J connectivity index is 2.00. The number of likely N-dealkylation sites (tertiary alicyclic amines) is 1. The van der Waals surface area contributed by atoms with Gasteiger partial charge in [-0.2, -0.15) is 13.2 Å². The molecule has 2 rings (SSSR count). The predicted molar refractivity (Wildman–Crippen MR) is 76.3 cm³/mol. The number of nitrogens with one attached hydrogen (secondary N) is 1. The van der Waals surface area contributed by atoms with E-state index in [0.717, 1.165) is 19.4 Å². The third-order valence-electron chi connectivity index (χ3n) is 3.72. The highest BCUT2D eigenvalue weighted by atomic mass is 32.1. The monoisotopic (exact) mass is 320 g/mol.